The molecule has 25 heavy (non-hydrogen) atoms. The van der Waals surface area contributed by atoms with Gasteiger partial charge in [-0.3, -0.25) is 4.98 Å². The van der Waals surface area contributed by atoms with Gasteiger partial charge in [0, 0.05) is 11.9 Å². The first kappa shape index (κ1) is 16.9. The van der Waals surface area contributed by atoms with Crippen molar-refractivity contribution in [1.82, 2.24) is 4.98 Å². The maximum absolute atomic E-state index is 11.4. The number of hydrogen-bond acceptors (Lipinski definition) is 2. The van der Waals surface area contributed by atoms with E-state index in [1.54, 1.807) is 12.1 Å². The molecule has 126 valence electrons. The predicted octanol–water partition coefficient (Wildman–Crippen LogP) is 4.91. The lowest BCUT2D eigenvalue weighted by Gasteiger charge is -2.12. The monoisotopic (exact) mass is 331 g/mol. The number of carboxylic acid groups (broad SMARTS) is 1. The van der Waals surface area contributed by atoms with Crippen LogP contribution in [0.2, 0.25) is 0 Å². The van der Waals surface area contributed by atoms with Gasteiger partial charge in [-0.05, 0) is 59.7 Å². The van der Waals surface area contributed by atoms with Crippen LogP contribution in [0.4, 0.5) is 0 Å². The molecular weight excluding hydrogens is 310 g/mol. The predicted molar refractivity (Wildman–Crippen MR) is 100.0 cm³/mol. The van der Waals surface area contributed by atoms with E-state index in [0.717, 1.165) is 29.7 Å². The second-order valence-electron chi connectivity index (χ2n) is 6.11. The van der Waals surface area contributed by atoms with Crippen LogP contribution in [0.25, 0.3) is 11.1 Å². The lowest BCUT2D eigenvalue weighted by atomic mass is 9.95. The summed E-state index contributed by atoms with van der Waals surface area (Å²) in [5.74, 6) is -0.904. The van der Waals surface area contributed by atoms with Crippen molar-refractivity contribution in [3.63, 3.8) is 0 Å². The van der Waals surface area contributed by atoms with Gasteiger partial charge in [0.2, 0.25) is 0 Å². The zero-order chi connectivity index (χ0) is 17.8. The van der Waals surface area contributed by atoms with Crippen molar-refractivity contribution < 1.29 is 9.90 Å². The summed E-state index contributed by atoms with van der Waals surface area (Å²) >= 11 is 0. The van der Waals surface area contributed by atoms with Gasteiger partial charge in [0.1, 0.15) is 0 Å². The summed E-state index contributed by atoms with van der Waals surface area (Å²) in [4.78, 5) is 15.8. The van der Waals surface area contributed by atoms with Crippen LogP contribution in [0.15, 0.2) is 60.8 Å². The molecule has 3 heteroatoms. The Morgan fingerprint density at radius 2 is 1.76 bits per heavy atom. The summed E-state index contributed by atoms with van der Waals surface area (Å²) in [6.45, 7) is 4.20. The van der Waals surface area contributed by atoms with Crippen LogP contribution in [0.1, 0.15) is 39.7 Å². The number of rotatable bonds is 5. The van der Waals surface area contributed by atoms with Gasteiger partial charge in [-0.2, -0.15) is 0 Å². The Balaban J connectivity index is 1.91. The van der Waals surface area contributed by atoms with Crippen molar-refractivity contribution >= 4 is 5.97 Å². The van der Waals surface area contributed by atoms with Crippen molar-refractivity contribution in [3.8, 4) is 11.1 Å². The highest BCUT2D eigenvalue weighted by Crippen LogP contribution is 2.25. The fraction of sp³-hybridized carbons (Fsp3) is 0.182. The topological polar surface area (TPSA) is 50.2 Å². The van der Waals surface area contributed by atoms with Gasteiger partial charge in [-0.15, -0.1) is 0 Å². The Morgan fingerprint density at radius 1 is 1.04 bits per heavy atom. The van der Waals surface area contributed by atoms with E-state index in [2.05, 4.69) is 30.1 Å². The van der Waals surface area contributed by atoms with E-state index in [4.69, 9.17) is 0 Å². The zero-order valence-electron chi connectivity index (χ0n) is 14.5. The van der Waals surface area contributed by atoms with Crippen molar-refractivity contribution in [2.45, 2.75) is 26.7 Å². The number of aromatic carboxylic acids is 1. The molecule has 1 heterocycles. The number of benzene rings is 2. The molecule has 0 bridgehead atoms. The van der Waals surface area contributed by atoms with Crippen LogP contribution < -0.4 is 0 Å². The Hall–Kier alpha value is -2.94. The third kappa shape index (κ3) is 3.61. The van der Waals surface area contributed by atoms with Gasteiger partial charge in [-0.25, -0.2) is 4.79 Å². The summed E-state index contributed by atoms with van der Waals surface area (Å²) < 4.78 is 0. The number of aryl methyl sites for hydroxylation is 2. The first-order chi connectivity index (χ1) is 12.1. The van der Waals surface area contributed by atoms with Crippen LogP contribution >= 0.6 is 0 Å². The highest BCUT2D eigenvalue weighted by Gasteiger charge is 2.11. The van der Waals surface area contributed by atoms with Crippen LogP contribution in [0, 0.1) is 6.92 Å². The number of pyridine rings is 1. The average molecular weight is 331 g/mol. The van der Waals surface area contributed by atoms with E-state index in [-0.39, 0.29) is 0 Å². The molecule has 0 spiro atoms. The van der Waals surface area contributed by atoms with Gasteiger partial charge in [0.25, 0.3) is 0 Å². The van der Waals surface area contributed by atoms with Crippen molar-refractivity contribution in [3.05, 3.63) is 88.7 Å². The Morgan fingerprint density at radius 3 is 2.44 bits per heavy atom. The molecule has 0 aliphatic carbocycles. The molecule has 0 atom stereocenters. The molecule has 1 N–H and O–H groups in total. The first-order valence-corrected chi connectivity index (χ1v) is 8.45. The van der Waals surface area contributed by atoms with E-state index < -0.39 is 5.97 Å². The second kappa shape index (κ2) is 7.31. The van der Waals surface area contributed by atoms with Crippen LogP contribution in [-0.4, -0.2) is 16.1 Å². The number of nitrogens with zero attached hydrogens (tertiary/aromatic N) is 1. The maximum Gasteiger partial charge on any atom is 0.336 e. The molecule has 0 radical (unpaired) electrons. The first-order valence-electron chi connectivity index (χ1n) is 8.45. The summed E-state index contributed by atoms with van der Waals surface area (Å²) in [5.41, 5.74) is 6.86. The molecule has 1 aromatic heterocycles. The van der Waals surface area contributed by atoms with Crippen molar-refractivity contribution in [2.75, 3.05) is 0 Å². The molecule has 3 rings (SSSR count). The van der Waals surface area contributed by atoms with E-state index in [1.165, 1.54) is 16.7 Å². The molecule has 0 aliphatic rings. The van der Waals surface area contributed by atoms with Gasteiger partial charge in [0.15, 0.2) is 0 Å². The van der Waals surface area contributed by atoms with Crippen LogP contribution in [0.5, 0.6) is 0 Å². The summed E-state index contributed by atoms with van der Waals surface area (Å²) in [6.07, 6.45) is 3.69. The molecule has 0 fully saturated rings. The van der Waals surface area contributed by atoms with Crippen molar-refractivity contribution in [1.29, 1.82) is 0 Å². The minimum Gasteiger partial charge on any atom is -0.478 e. The number of carboxylic acids is 1. The molecule has 2 aromatic carbocycles. The van der Waals surface area contributed by atoms with Gasteiger partial charge < -0.3 is 5.11 Å². The summed E-state index contributed by atoms with van der Waals surface area (Å²) in [5, 5.41) is 9.36. The molecule has 3 aromatic rings. The Bertz CT molecular complexity index is 898. The highest BCUT2D eigenvalue weighted by molar-refractivity contribution is 5.95. The smallest absolute Gasteiger partial charge is 0.336 e. The fourth-order valence-electron chi connectivity index (χ4n) is 3.15. The lowest BCUT2D eigenvalue weighted by molar-refractivity contribution is 0.0697. The van der Waals surface area contributed by atoms with Gasteiger partial charge in [0.05, 0.1) is 5.56 Å². The van der Waals surface area contributed by atoms with Crippen LogP contribution in [-0.2, 0) is 12.8 Å². The van der Waals surface area contributed by atoms with E-state index >= 15 is 0 Å². The average Bonchev–Trinajstić information content (AvgIpc) is 2.64. The number of hydrogen-bond donors (Lipinski definition) is 1. The van der Waals surface area contributed by atoms with Gasteiger partial charge >= 0.3 is 5.97 Å². The minimum absolute atomic E-state index is 0.326. The molecular formula is C22H21NO2. The van der Waals surface area contributed by atoms with Gasteiger partial charge in [-0.1, -0.05) is 49.4 Å². The Kier molecular flexibility index (Phi) is 4.94. The summed E-state index contributed by atoms with van der Waals surface area (Å²) in [6, 6.07) is 17.3. The van der Waals surface area contributed by atoms with E-state index in [1.807, 2.05) is 37.4 Å². The quantitative estimate of drug-likeness (QED) is 0.723. The fourth-order valence-corrected chi connectivity index (χ4v) is 3.15. The normalized spacial score (nSPS) is 10.6. The highest BCUT2D eigenvalue weighted by atomic mass is 16.4. The second-order valence-corrected chi connectivity index (χ2v) is 6.11. The lowest BCUT2D eigenvalue weighted by Crippen LogP contribution is -2.01. The number of aromatic nitrogens is 1. The Labute approximate surface area is 148 Å². The maximum atomic E-state index is 11.4. The largest absolute Gasteiger partial charge is 0.478 e. The van der Waals surface area contributed by atoms with E-state index in [9.17, 15) is 9.90 Å². The van der Waals surface area contributed by atoms with E-state index in [0.29, 0.717) is 5.56 Å². The molecule has 0 unspecified atom stereocenters. The standard InChI is InChI=1S/C22H21NO2/c1-3-17-12-13-23-15(2)21(17)14-16-8-10-18(11-9-16)19-6-4-5-7-20(19)22(24)25/h4-13H,3,14H2,1-2H3,(H,24,25). The van der Waals surface area contributed by atoms with Crippen molar-refractivity contribution in [2.24, 2.45) is 0 Å². The molecule has 0 saturated heterocycles. The molecule has 0 aliphatic heterocycles. The number of carbonyl (C=O) groups is 1. The molecule has 3 nitrogen and oxygen atoms in total. The molecule has 0 saturated carbocycles. The third-order valence-electron chi connectivity index (χ3n) is 4.55. The minimum atomic E-state index is -0.904. The molecule has 0 amide bonds. The SMILES string of the molecule is CCc1ccnc(C)c1Cc1ccc(-c2ccccc2C(=O)O)cc1. The van der Waals surface area contributed by atoms with Crippen LogP contribution in [0.3, 0.4) is 0 Å². The zero-order valence-corrected chi connectivity index (χ0v) is 14.5. The summed E-state index contributed by atoms with van der Waals surface area (Å²) in [7, 11) is 0. The third-order valence-corrected chi connectivity index (χ3v) is 4.55.